The van der Waals surface area contributed by atoms with Crippen LogP contribution in [0.3, 0.4) is 0 Å². The van der Waals surface area contributed by atoms with E-state index in [1.807, 2.05) is 25.2 Å². The third-order valence-electron chi connectivity index (χ3n) is 5.02. The second-order valence-electron chi connectivity index (χ2n) is 6.17. The van der Waals surface area contributed by atoms with Crippen molar-refractivity contribution in [2.45, 2.75) is 24.9 Å². The molecule has 1 aromatic heterocycles. The lowest BCUT2D eigenvalue weighted by molar-refractivity contribution is -0.144. The Bertz CT molecular complexity index is 791. The summed E-state index contributed by atoms with van der Waals surface area (Å²) in [5.74, 6) is -0.906. The molecule has 2 aromatic rings. The van der Waals surface area contributed by atoms with E-state index in [0.29, 0.717) is 19.5 Å². The van der Waals surface area contributed by atoms with Crippen LogP contribution in [0.1, 0.15) is 17.9 Å². The van der Waals surface area contributed by atoms with Gasteiger partial charge in [0.25, 0.3) is 0 Å². The van der Waals surface area contributed by atoms with Gasteiger partial charge in [0.1, 0.15) is 0 Å². The van der Waals surface area contributed by atoms with Gasteiger partial charge >= 0.3 is 11.7 Å². The first-order chi connectivity index (χ1) is 10.1. The summed E-state index contributed by atoms with van der Waals surface area (Å²) >= 11 is 0. The molecule has 0 bridgehead atoms. The van der Waals surface area contributed by atoms with Gasteiger partial charge in [-0.25, -0.2) is 4.79 Å². The topological polar surface area (TPSA) is 78.3 Å². The van der Waals surface area contributed by atoms with Gasteiger partial charge in [-0.15, -0.1) is 0 Å². The number of hydrogen-bond acceptors (Lipinski definition) is 3. The Morgan fingerprint density at radius 3 is 2.95 bits per heavy atom. The molecule has 6 nitrogen and oxygen atoms in total. The minimum absolute atomic E-state index is 0.0790. The van der Waals surface area contributed by atoms with E-state index in [1.165, 1.54) is 0 Å². The fourth-order valence-corrected chi connectivity index (χ4v) is 4.02. The fourth-order valence-electron chi connectivity index (χ4n) is 4.02. The first kappa shape index (κ1) is 12.6. The second-order valence-corrected chi connectivity index (χ2v) is 6.17. The predicted octanol–water partition coefficient (Wildman–Crippen LogP) is 0.832. The summed E-state index contributed by atoms with van der Waals surface area (Å²) in [7, 11) is 1.95. The second kappa shape index (κ2) is 4.21. The molecule has 2 aliphatic rings. The number of hydrogen-bond donors (Lipinski definition) is 2. The smallest absolute Gasteiger partial charge is 0.326 e. The van der Waals surface area contributed by atoms with Crippen LogP contribution in [0.15, 0.2) is 23.0 Å². The zero-order valence-electron chi connectivity index (χ0n) is 11.7. The van der Waals surface area contributed by atoms with Gasteiger partial charge in [0.05, 0.1) is 17.0 Å². The third-order valence-corrected chi connectivity index (χ3v) is 5.02. The number of imidazole rings is 1. The maximum absolute atomic E-state index is 12.1. The number of likely N-dealkylation sites (tertiary alicyclic amines) is 1. The molecule has 3 atom stereocenters. The van der Waals surface area contributed by atoms with Gasteiger partial charge in [-0.3, -0.25) is 9.36 Å². The van der Waals surface area contributed by atoms with E-state index in [9.17, 15) is 14.7 Å². The number of carboxylic acid groups (broad SMARTS) is 1. The number of carbonyl (C=O) groups is 1. The summed E-state index contributed by atoms with van der Waals surface area (Å²) in [6.07, 6.45) is 0.642. The number of fused-ring (bicyclic) bond motifs is 2. The molecule has 0 spiro atoms. The number of likely N-dealkylation sites (N-methyl/N-ethyl adjacent to an activating group) is 1. The van der Waals surface area contributed by atoms with Crippen LogP contribution < -0.4 is 5.69 Å². The molecule has 1 saturated heterocycles. The van der Waals surface area contributed by atoms with Gasteiger partial charge < -0.3 is 15.0 Å². The van der Waals surface area contributed by atoms with Crippen LogP contribution in [0, 0.1) is 5.92 Å². The van der Waals surface area contributed by atoms with E-state index in [1.54, 1.807) is 4.57 Å². The molecule has 3 heterocycles. The number of benzene rings is 1. The van der Waals surface area contributed by atoms with E-state index >= 15 is 0 Å². The summed E-state index contributed by atoms with van der Waals surface area (Å²) in [4.78, 5) is 28.5. The molecule has 1 aromatic carbocycles. The van der Waals surface area contributed by atoms with Crippen LogP contribution in [0.5, 0.6) is 0 Å². The molecule has 1 fully saturated rings. The normalized spacial score (nSPS) is 28.5. The van der Waals surface area contributed by atoms with Crippen molar-refractivity contribution in [3.8, 4) is 0 Å². The summed E-state index contributed by atoms with van der Waals surface area (Å²) in [6.45, 7) is 1.17. The van der Waals surface area contributed by atoms with Crippen molar-refractivity contribution in [3.05, 3.63) is 34.2 Å². The number of aromatic amines is 1. The molecule has 0 radical (unpaired) electrons. The lowest BCUT2D eigenvalue weighted by Crippen LogP contribution is -2.51. The largest absolute Gasteiger partial charge is 0.481 e. The van der Waals surface area contributed by atoms with E-state index < -0.39 is 5.97 Å². The van der Waals surface area contributed by atoms with Gasteiger partial charge in [-0.05, 0) is 25.1 Å². The van der Waals surface area contributed by atoms with Crippen molar-refractivity contribution in [1.82, 2.24) is 14.5 Å². The Balaban J connectivity index is 1.90. The van der Waals surface area contributed by atoms with E-state index in [2.05, 4.69) is 9.88 Å². The molecule has 21 heavy (non-hydrogen) atoms. The SMILES string of the molecule is CN1CC(C(=O)O)CC2c3cccc4[nH]c(=O)n(c34)CC21. The first-order valence-corrected chi connectivity index (χ1v) is 7.20. The van der Waals surface area contributed by atoms with Gasteiger partial charge in [0, 0.05) is 25.0 Å². The van der Waals surface area contributed by atoms with Crippen LogP contribution in [-0.2, 0) is 11.3 Å². The minimum atomic E-state index is -0.732. The highest BCUT2D eigenvalue weighted by atomic mass is 16.4. The average Bonchev–Trinajstić information content (AvgIpc) is 2.77. The van der Waals surface area contributed by atoms with Crippen molar-refractivity contribution in [2.75, 3.05) is 13.6 Å². The molecule has 0 amide bonds. The van der Waals surface area contributed by atoms with Gasteiger partial charge in [0.2, 0.25) is 0 Å². The third kappa shape index (κ3) is 1.68. The van der Waals surface area contributed by atoms with Gasteiger partial charge in [-0.1, -0.05) is 12.1 Å². The van der Waals surface area contributed by atoms with E-state index in [0.717, 1.165) is 16.6 Å². The standard InChI is InChI=1S/C15H17N3O3/c1-17-6-8(14(19)20)5-10-9-3-2-4-11-13(9)18(7-12(10)17)15(21)16-11/h2-4,8,10,12H,5-7H2,1H3,(H,16,21)(H,19,20). The molecule has 2 aliphatic heterocycles. The number of aromatic nitrogens is 2. The Labute approximate surface area is 121 Å². The van der Waals surface area contributed by atoms with Crippen LogP contribution in [0.4, 0.5) is 0 Å². The highest BCUT2D eigenvalue weighted by molar-refractivity contribution is 5.81. The van der Waals surface area contributed by atoms with Crippen LogP contribution in [0.25, 0.3) is 11.0 Å². The molecule has 6 heteroatoms. The molecular formula is C15H17N3O3. The zero-order valence-corrected chi connectivity index (χ0v) is 11.7. The van der Waals surface area contributed by atoms with Gasteiger partial charge in [0.15, 0.2) is 0 Å². The number of carboxylic acids is 1. The number of aliphatic carboxylic acids is 1. The molecule has 3 unspecified atom stereocenters. The number of nitrogens with one attached hydrogen (secondary N) is 1. The Morgan fingerprint density at radius 2 is 2.19 bits per heavy atom. The fraction of sp³-hybridized carbons (Fsp3) is 0.467. The monoisotopic (exact) mass is 287 g/mol. The highest BCUT2D eigenvalue weighted by Crippen LogP contribution is 2.41. The first-order valence-electron chi connectivity index (χ1n) is 7.20. The summed E-state index contributed by atoms with van der Waals surface area (Å²) in [5, 5.41) is 9.35. The maximum atomic E-state index is 12.1. The van der Waals surface area contributed by atoms with Crippen molar-refractivity contribution >= 4 is 17.0 Å². The van der Waals surface area contributed by atoms with Crippen molar-refractivity contribution in [1.29, 1.82) is 0 Å². The van der Waals surface area contributed by atoms with Crippen LogP contribution >= 0.6 is 0 Å². The maximum Gasteiger partial charge on any atom is 0.326 e. The Kier molecular flexibility index (Phi) is 2.53. The summed E-state index contributed by atoms with van der Waals surface area (Å²) in [6, 6.07) is 6.05. The minimum Gasteiger partial charge on any atom is -0.481 e. The molecule has 0 saturated carbocycles. The number of nitrogens with zero attached hydrogens (tertiary/aromatic N) is 2. The molecule has 0 aliphatic carbocycles. The highest BCUT2D eigenvalue weighted by Gasteiger charge is 2.41. The number of para-hydroxylation sites is 1. The van der Waals surface area contributed by atoms with Crippen LogP contribution in [0.2, 0.25) is 0 Å². The molecule has 2 N–H and O–H groups in total. The van der Waals surface area contributed by atoms with E-state index in [4.69, 9.17) is 0 Å². The van der Waals surface area contributed by atoms with E-state index in [-0.39, 0.29) is 23.6 Å². The molecular weight excluding hydrogens is 270 g/mol. The number of H-pyrrole nitrogens is 1. The van der Waals surface area contributed by atoms with Crippen molar-refractivity contribution in [3.63, 3.8) is 0 Å². The number of rotatable bonds is 1. The zero-order chi connectivity index (χ0) is 14.7. The lowest BCUT2D eigenvalue weighted by Gasteiger charge is -2.44. The predicted molar refractivity (Wildman–Crippen MR) is 77.5 cm³/mol. The molecule has 4 rings (SSSR count). The Hall–Kier alpha value is -2.08. The van der Waals surface area contributed by atoms with Crippen molar-refractivity contribution in [2.24, 2.45) is 5.92 Å². The Morgan fingerprint density at radius 1 is 1.38 bits per heavy atom. The van der Waals surface area contributed by atoms with Crippen molar-refractivity contribution < 1.29 is 9.90 Å². The quantitative estimate of drug-likeness (QED) is 0.814. The number of piperidine rings is 1. The average molecular weight is 287 g/mol. The van der Waals surface area contributed by atoms with Crippen LogP contribution in [-0.4, -0.2) is 45.2 Å². The summed E-state index contributed by atoms with van der Waals surface area (Å²) < 4.78 is 1.80. The molecule has 110 valence electrons. The summed E-state index contributed by atoms with van der Waals surface area (Å²) in [5.41, 5.74) is 2.81. The lowest BCUT2D eigenvalue weighted by atomic mass is 9.77. The van der Waals surface area contributed by atoms with Gasteiger partial charge in [-0.2, -0.15) is 0 Å².